The average Bonchev–Trinajstić information content (AvgIpc) is 2.65. The molecule has 6 nitrogen and oxygen atoms in total. The molecule has 0 atom stereocenters. The summed E-state index contributed by atoms with van der Waals surface area (Å²) < 4.78 is 25.2. The Morgan fingerprint density at radius 3 is 2.52 bits per heavy atom. The van der Waals surface area contributed by atoms with E-state index >= 15 is 0 Å². The van der Waals surface area contributed by atoms with E-state index in [0.29, 0.717) is 0 Å². The number of nitrogens with one attached hydrogen (secondary N) is 2. The minimum Gasteiger partial charge on any atom is -0.273 e. The Labute approximate surface area is 151 Å². The number of halogens is 1. The van der Waals surface area contributed by atoms with Gasteiger partial charge in [-0.25, -0.2) is 8.42 Å². The zero-order valence-corrected chi connectivity index (χ0v) is 14.9. The summed E-state index contributed by atoms with van der Waals surface area (Å²) in [6.45, 7) is 1.99. The third-order valence-corrected chi connectivity index (χ3v) is 4.91. The van der Waals surface area contributed by atoms with Crippen LogP contribution in [0.5, 0.6) is 0 Å². The summed E-state index contributed by atoms with van der Waals surface area (Å²) in [6, 6.07) is 14.8. The second kappa shape index (κ2) is 8.53. The minimum absolute atomic E-state index is 0.102. The van der Waals surface area contributed by atoms with Crippen molar-refractivity contribution in [3.05, 3.63) is 60.2 Å². The fourth-order valence-corrected chi connectivity index (χ4v) is 2.89. The van der Waals surface area contributed by atoms with Crippen LogP contribution < -0.4 is 14.7 Å². The van der Waals surface area contributed by atoms with Gasteiger partial charge in [0.2, 0.25) is 0 Å². The number of benzene rings is 2. The average molecular weight is 378 g/mol. The van der Waals surface area contributed by atoms with E-state index in [1.54, 1.807) is 16.2 Å². The van der Waals surface area contributed by atoms with Crippen molar-refractivity contribution in [1.82, 2.24) is 9.67 Å². The first-order chi connectivity index (χ1) is 12.0. The third kappa shape index (κ3) is 4.97. The molecule has 8 heteroatoms. The van der Waals surface area contributed by atoms with Gasteiger partial charge in [-0.05, 0) is 49.0 Å². The van der Waals surface area contributed by atoms with Gasteiger partial charge in [0.15, 0.2) is 0 Å². The van der Waals surface area contributed by atoms with Crippen LogP contribution in [0.15, 0.2) is 59.5 Å². The van der Waals surface area contributed by atoms with Crippen LogP contribution in [0.1, 0.15) is 17.3 Å². The Bertz CT molecular complexity index is 905. The number of hydrazine groups is 1. The number of nitrogens with zero attached hydrogens (tertiary/aromatic N) is 1. The standard InChI is InChI=1S/C17H16ClN3O3S/c1-2-3-12-21(15-9-5-4-6-10-15)19-17(22)14-8-7-11-16(13-14)25(23,24)20-18/h4-11,13,20H,12H2,1H3,(H,19,22). The first-order valence-electron chi connectivity index (χ1n) is 7.23. The monoisotopic (exact) mass is 377 g/mol. The van der Waals surface area contributed by atoms with Crippen LogP contribution in [0.3, 0.4) is 0 Å². The second-order valence-electron chi connectivity index (χ2n) is 4.90. The number of amides is 1. The Morgan fingerprint density at radius 2 is 1.88 bits per heavy atom. The van der Waals surface area contributed by atoms with E-state index in [1.165, 1.54) is 24.3 Å². The van der Waals surface area contributed by atoms with Crippen LogP contribution in [0.25, 0.3) is 0 Å². The Hall–Kier alpha value is -2.53. The molecular formula is C17H16ClN3O3S. The van der Waals surface area contributed by atoms with Crippen molar-refractivity contribution in [2.24, 2.45) is 0 Å². The number of hydrogen-bond acceptors (Lipinski definition) is 4. The summed E-state index contributed by atoms with van der Waals surface area (Å²) in [4.78, 5) is 12.4. The van der Waals surface area contributed by atoms with E-state index in [4.69, 9.17) is 11.8 Å². The van der Waals surface area contributed by atoms with E-state index in [9.17, 15) is 13.2 Å². The van der Waals surface area contributed by atoms with Crippen LogP contribution in [-0.2, 0) is 10.0 Å². The number of anilines is 1. The van der Waals surface area contributed by atoms with Crippen molar-refractivity contribution in [3.8, 4) is 11.8 Å². The molecule has 0 aliphatic heterocycles. The number of para-hydroxylation sites is 1. The molecule has 0 bridgehead atoms. The molecule has 25 heavy (non-hydrogen) atoms. The quantitative estimate of drug-likeness (QED) is 0.460. The molecule has 1 amide bonds. The van der Waals surface area contributed by atoms with E-state index < -0.39 is 15.9 Å². The Balaban J connectivity index is 2.26. The first kappa shape index (κ1) is 18.8. The molecule has 0 aromatic heterocycles. The normalized spacial score (nSPS) is 10.5. The van der Waals surface area contributed by atoms with Crippen LogP contribution in [0, 0.1) is 11.8 Å². The Kier molecular flexibility index (Phi) is 6.42. The molecule has 0 aliphatic carbocycles. The molecule has 130 valence electrons. The van der Waals surface area contributed by atoms with Crippen molar-refractivity contribution in [2.45, 2.75) is 11.8 Å². The number of carbonyl (C=O) groups excluding carboxylic acids is 1. The maximum absolute atomic E-state index is 12.5. The SMILES string of the molecule is CC#CCN(NC(=O)c1cccc(S(=O)(=O)NCl)c1)c1ccccc1. The van der Waals surface area contributed by atoms with E-state index in [2.05, 4.69) is 17.3 Å². The molecule has 0 spiro atoms. The lowest BCUT2D eigenvalue weighted by molar-refractivity contribution is 0.0950. The number of carbonyl (C=O) groups is 1. The molecule has 0 radical (unpaired) electrons. The Morgan fingerprint density at radius 1 is 1.16 bits per heavy atom. The van der Waals surface area contributed by atoms with Gasteiger partial charge < -0.3 is 0 Å². The fourth-order valence-electron chi connectivity index (χ4n) is 2.00. The molecular weight excluding hydrogens is 362 g/mol. The lowest BCUT2D eigenvalue weighted by Crippen LogP contribution is -2.42. The van der Waals surface area contributed by atoms with Crippen molar-refractivity contribution in [3.63, 3.8) is 0 Å². The molecule has 2 aromatic carbocycles. The van der Waals surface area contributed by atoms with Crippen LogP contribution in [0.2, 0.25) is 0 Å². The summed E-state index contributed by atoms with van der Waals surface area (Å²) in [6.07, 6.45) is 0. The zero-order chi connectivity index (χ0) is 18.3. The predicted molar refractivity (Wildman–Crippen MR) is 97.3 cm³/mol. The molecule has 2 N–H and O–H groups in total. The highest BCUT2D eigenvalue weighted by atomic mass is 35.5. The van der Waals surface area contributed by atoms with Gasteiger partial charge in [-0.2, -0.15) is 0 Å². The number of rotatable bonds is 6. The van der Waals surface area contributed by atoms with Gasteiger partial charge in [0.1, 0.15) is 6.54 Å². The van der Waals surface area contributed by atoms with E-state index in [0.717, 1.165) is 5.69 Å². The highest BCUT2D eigenvalue weighted by Gasteiger charge is 2.16. The maximum atomic E-state index is 12.5. The van der Waals surface area contributed by atoms with Gasteiger partial charge >= 0.3 is 0 Å². The molecule has 2 rings (SSSR count). The number of sulfonamides is 1. The molecule has 0 heterocycles. The fraction of sp³-hybridized carbons (Fsp3) is 0.118. The van der Waals surface area contributed by atoms with Crippen molar-refractivity contribution >= 4 is 33.4 Å². The maximum Gasteiger partial charge on any atom is 0.269 e. The number of hydrogen-bond donors (Lipinski definition) is 2. The smallest absolute Gasteiger partial charge is 0.269 e. The summed E-state index contributed by atoms with van der Waals surface area (Å²) in [5.41, 5.74) is 3.66. The molecule has 0 unspecified atom stereocenters. The van der Waals surface area contributed by atoms with Crippen LogP contribution >= 0.6 is 11.8 Å². The lowest BCUT2D eigenvalue weighted by atomic mass is 10.2. The first-order valence-corrected chi connectivity index (χ1v) is 9.09. The molecule has 0 saturated carbocycles. The topological polar surface area (TPSA) is 78.5 Å². The summed E-state index contributed by atoms with van der Waals surface area (Å²) in [5, 5.41) is 1.58. The van der Waals surface area contributed by atoms with E-state index in [1.807, 2.05) is 30.3 Å². The predicted octanol–water partition coefficient (Wildman–Crippen LogP) is 2.29. The van der Waals surface area contributed by atoms with Crippen LogP contribution in [-0.4, -0.2) is 20.9 Å². The highest BCUT2D eigenvalue weighted by Crippen LogP contribution is 2.14. The summed E-state index contributed by atoms with van der Waals surface area (Å²) in [5.74, 6) is 5.19. The highest BCUT2D eigenvalue weighted by molar-refractivity contribution is 7.90. The molecule has 0 fully saturated rings. The van der Waals surface area contributed by atoms with Crippen LogP contribution in [0.4, 0.5) is 5.69 Å². The molecule has 0 aliphatic rings. The van der Waals surface area contributed by atoms with Crippen molar-refractivity contribution in [2.75, 3.05) is 11.6 Å². The molecule has 2 aromatic rings. The lowest BCUT2D eigenvalue weighted by Gasteiger charge is -2.23. The van der Waals surface area contributed by atoms with Crippen molar-refractivity contribution < 1.29 is 13.2 Å². The van der Waals surface area contributed by atoms with Gasteiger partial charge in [-0.15, -0.1) is 10.2 Å². The largest absolute Gasteiger partial charge is 0.273 e. The van der Waals surface area contributed by atoms with Gasteiger partial charge in [0.25, 0.3) is 15.9 Å². The van der Waals surface area contributed by atoms with Gasteiger partial charge in [0.05, 0.1) is 10.6 Å². The van der Waals surface area contributed by atoms with Gasteiger partial charge in [-0.3, -0.25) is 15.2 Å². The van der Waals surface area contributed by atoms with E-state index in [-0.39, 0.29) is 17.0 Å². The zero-order valence-electron chi connectivity index (χ0n) is 13.4. The third-order valence-electron chi connectivity index (χ3n) is 3.23. The summed E-state index contributed by atoms with van der Waals surface area (Å²) in [7, 11) is -3.85. The van der Waals surface area contributed by atoms with Gasteiger partial charge in [0, 0.05) is 5.56 Å². The summed E-state index contributed by atoms with van der Waals surface area (Å²) >= 11 is 5.22. The second-order valence-corrected chi connectivity index (χ2v) is 6.99. The van der Waals surface area contributed by atoms with Crippen molar-refractivity contribution in [1.29, 1.82) is 0 Å². The van der Waals surface area contributed by atoms with Gasteiger partial charge in [-0.1, -0.05) is 30.2 Å². The minimum atomic E-state index is -3.85. The molecule has 0 saturated heterocycles.